The second-order valence-electron chi connectivity index (χ2n) is 6.32. The lowest BCUT2D eigenvalue weighted by atomic mass is 10.2. The van der Waals surface area contributed by atoms with E-state index in [9.17, 15) is 0 Å². The maximum atomic E-state index is 5.85. The Kier molecular flexibility index (Phi) is 4.87. The third-order valence-corrected chi connectivity index (χ3v) is 4.47. The molecular weight excluding hydrogens is 312 g/mol. The third kappa shape index (κ3) is 3.67. The fourth-order valence-corrected chi connectivity index (χ4v) is 3.01. The number of aryl methyl sites for hydroxylation is 1. The van der Waals surface area contributed by atoms with Crippen molar-refractivity contribution in [3.63, 3.8) is 0 Å². The van der Waals surface area contributed by atoms with Crippen LogP contribution in [-0.2, 0) is 7.05 Å². The Balaban J connectivity index is 0.00000156. The number of nitrogens with zero attached hydrogens (tertiary/aromatic N) is 3. The number of nitrogens with one attached hydrogen (secondary N) is 1. The fourth-order valence-electron chi connectivity index (χ4n) is 3.01. The van der Waals surface area contributed by atoms with E-state index in [1.54, 1.807) is 0 Å². The molecule has 2 heterocycles. The summed E-state index contributed by atoms with van der Waals surface area (Å²) in [5.74, 6) is 3.46. The van der Waals surface area contributed by atoms with Crippen LogP contribution >= 0.6 is 12.4 Å². The summed E-state index contributed by atoms with van der Waals surface area (Å²) in [5.41, 5.74) is 1.05. The maximum Gasteiger partial charge on any atom is 0.181 e. The van der Waals surface area contributed by atoms with Crippen LogP contribution in [0, 0.1) is 0 Å². The molecule has 0 spiro atoms. The number of benzene rings is 1. The lowest BCUT2D eigenvalue weighted by molar-refractivity contribution is 0.277. The highest BCUT2D eigenvalue weighted by atomic mass is 35.5. The van der Waals surface area contributed by atoms with Gasteiger partial charge in [0.05, 0.1) is 0 Å². The van der Waals surface area contributed by atoms with E-state index in [2.05, 4.69) is 15.4 Å². The Morgan fingerprint density at radius 1 is 1.22 bits per heavy atom. The minimum Gasteiger partial charge on any atom is -0.492 e. The molecule has 6 heteroatoms. The largest absolute Gasteiger partial charge is 0.492 e. The minimum atomic E-state index is 0. The molecule has 1 aromatic carbocycles. The number of hydrogen-bond donors (Lipinski definition) is 1. The molecule has 0 radical (unpaired) electrons. The van der Waals surface area contributed by atoms with Gasteiger partial charge in [-0.3, -0.25) is 4.68 Å². The van der Waals surface area contributed by atoms with Crippen LogP contribution in [0.25, 0.3) is 11.4 Å². The normalized spacial score (nSPS) is 20.3. The summed E-state index contributed by atoms with van der Waals surface area (Å²) in [6.07, 6.45) is 4.95. The molecule has 1 aromatic heterocycles. The van der Waals surface area contributed by atoms with Crippen molar-refractivity contribution < 1.29 is 4.74 Å². The Hall–Kier alpha value is -1.59. The van der Waals surface area contributed by atoms with Crippen LogP contribution < -0.4 is 10.1 Å². The van der Waals surface area contributed by atoms with Crippen LogP contribution in [0.5, 0.6) is 5.75 Å². The van der Waals surface area contributed by atoms with Crippen molar-refractivity contribution in [3.05, 3.63) is 30.1 Å². The maximum absolute atomic E-state index is 5.85. The predicted molar refractivity (Wildman–Crippen MR) is 92.2 cm³/mol. The second-order valence-corrected chi connectivity index (χ2v) is 6.32. The third-order valence-electron chi connectivity index (χ3n) is 4.47. The Morgan fingerprint density at radius 3 is 2.65 bits per heavy atom. The summed E-state index contributed by atoms with van der Waals surface area (Å²) in [7, 11) is 1.98. The lowest BCUT2D eigenvalue weighted by Gasteiger charge is -2.12. The molecule has 4 rings (SSSR count). The first-order valence-electron chi connectivity index (χ1n) is 8.17. The standard InChI is InChI=1S/C17H22N4O.ClH/c1-21-17(13-4-5-13)19-16(20-21)12-6-8-15(9-7-12)22-11-14-3-2-10-18-14;/h6-9,13-14,18H,2-5,10-11H2,1H3;1H. The van der Waals surface area contributed by atoms with E-state index < -0.39 is 0 Å². The van der Waals surface area contributed by atoms with Gasteiger partial charge in [-0.15, -0.1) is 12.4 Å². The van der Waals surface area contributed by atoms with Crippen LogP contribution in [-0.4, -0.2) is 34.0 Å². The second kappa shape index (κ2) is 6.89. The van der Waals surface area contributed by atoms with Crippen LogP contribution in [0.1, 0.15) is 37.4 Å². The van der Waals surface area contributed by atoms with Crippen molar-refractivity contribution in [2.75, 3.05) is 13.2 Å². The first kappa shape index (κ1) is 16.3. The van der Waals surface area contributed by atoms with E-state index in [0.717, 1.165) is 36.1 Å². The van der Waals surface area contributed by atoms with Gasteiger partial charge in [-0.1, -0.05) is 0 Å². The highest BCUT2D eigenvalue weighted by Gasteiger charge is 2.29. The quantitative estimate of drug-likeness (QED) is 0.913. The van der Waals surface area contributed by atoms with E-state index in [-0.39, 0.29) is 12.4 Å². The van der Waals surface area contributed by atoms with Gasteiger partial charge in [-0.05, 0) is 56.5 Å². The molecule has 1 saturated heterocycles. The van der Waals surface area contributed by atoms with Crippen LogP contribution in [0.4, 0.5) is 0 Å². The van der Waals surface area contributed by atoms with Crippen molar-refractivity contribution in [2.45, 2.75) is 37.6 Å². The summed E-state index contributed by atoms with van der Waals surface area (Å²) in [4.78, 5) is 4.68. The fraction of sp³-hybridized carbons (Fsp3) is 0.529. The Morgan fingerprint density at radius 2 is 2.00 bits per heavy atom. The van der Waals surface area contributed by atoms with Gasteiger partial charge in [0, 0.05) is 24.6 Å². The number of aromatic nitrogens is 3. The van der Waals surface area contributed by atoms with Crippen molar-refractivity contribution in [3.8, 4) is 17.1 Å². The lowest BCUT2D eigenvalue weighted by Crippen LogP contribution is -2.28. The van der Waals surface area contributed by atoms with Crippen LogP contribution in [0.3, 0.4) is 0 Å². The first-order valence-corrected chi connectivity index (χ1v) is 8.17. The summed E-state index contributed by atoms with van der Waals surface area (Å²) >= 11 is 0. The Bertz CT molecular complexity index is 645. The van der Waals surface area contributed by atoms with Gasteiger partial charge in [0.25, 0.3) is 0 Å². The van der Waals surface area contributed by atoms with E-state index in [1.807, 2.05) is 36.0 Å². The Labute approximate surface area is 142 Å². The van der Waals surface area contributed by atoms with Crippen molar-refractivity contribution in [2.24, 2.45) is 7.05 Å². The first-order chi connectivity index (χ1) is 10.8. The average Bonchev–Trinajstić information content (AvgIpc) is 3.10. The van der Waals surface area contributed by atoms with E-state index in [4.69, 9.17) is 4.74 Å². The molecule has 5 nitrogen and oxygen atoms in total. The van der Waals surface area contributed by atoms with E-state index in [0.29, 0.717) is 12.0 Å². The summed E-state index contributed by atoms with van der Waals surface area (Å²) < 4.78 is 7.77. The van der Waals surface area contributed by atoms with Gasteiger partial charge in [-0.25, -0.2) is 4.98 Å². The molecule has 124 valence electrons. The number of rotatable bonds is 5. The molecule has 1 aliphatic carbocycles. The van der Waals surface area contributed by atoms with E-state index >= 15 is 0 Å². The van der Waals surface area contributed by atoms with Crippen molar-refractivity contribution >= 4 is 12.4 Å². The molecule has 0 amide bonds. The zero-order valence-electron chi connectivity index (χ0n) is 13.4. The number of halogens is 1. The zero-order chi connectivity index (χ0) is 14.9. The molecule has 23 heavy (non-hydrogen) atoms. The van der Waals surface area contributed by atoms with Gasteiger partial charge in [0.2, 0.25) is 0 Å². The molecule has 1 unspecified atom stereocenters. The smallest absolute Gasteiger partial charge is 0.181 e. The van der Waals surface area contributed by atoms with Gasteiger partial charge in [0.15, 0.2) is 5.82 Å². The molecule has 2 aliphatic rings. The molecule has 0 bridgehead atoms. The van der Waals surface area contributed by atoms with Crippen molar-refractivity contribution in [1.29, 1.82) is 0 Å². The molecule has 2 fully saturated rings. The van der Waals surface area contributed by atoms with Crippen LogP contribution in [0.15, 0.2) is 24.3 Å². The van der Waals surface area contributed by atoms with Gasteiger partial charge >= 0.3 is 0 Å². The molecule has 2 aromatic rings. The molecular formula is C17H23ClN4O. The monoisotopic (exact) mass is 334 g/mol. The van der Waals surface area contributed by atoms with E-state index in [1.165, 1.54) is 25.7 Å². The molecule has 1 aliphatic heterocycles. The molecule has 1 N–H and O–H groups in total. The summed E-state index contributed by atoms with van der Waals surface area (Å²) in [6.45, 7) is 1.86. The van der Waals surface area contributed by atoms with Gasteiger partial charge in [0.1, 0.15) is 18.2 Å². The average molecular weight is 335 g/mol. The zero-order valence-corrected chi connectivity index (χ0v) is 14.2. The van der Waals surface area contributed by atoms with Gasteiger partial charge < -0.3 is 10.1 Å². The number of hydrogen-bond acceptors (Lipinski definition) is 4. The summed E-state index contributed by atoms with van der Waals surface area (Å²) in [5, 5.41) is 7.98. The molecule has 1 saturated carbocycles. The minimum absolute atomic E-state index is 0. The van der Waals surface area contributed by atoms with Crippen LogP contribution in [0.2, 0.25) is 0 Å². The molecule has 1 atom stereocenters. The van der Waals surface area contributed by atoms with Crippen molar-refractivity contribution in [1.82, 2.24) is 20.1 Å². The number of ether oxygens (including phenoxy) is 1. The topological polar surface area (TPSA) is 52.0 Å². The highest BCUT2D eigenvalue weighted by Crippen LogP contribution is 2.39. The predicted octanol–water partition coefficient (Wildman–Crippen LogP) is 2.91. The van der Waals surface area contributed by atoms with Gasteiger partial charge in [-0.2, -0.15) is 5.10 Å². The SMILES string of the molecule is Cl.Cn1nc(-c2ccc(OCC3CCCN3)cc2)nc1C1CC1. The summed E-state index contributed by atoms with van der Waals surface area (Å²) in [6, 6.07) is 8.61. The highest BCUT2D eigenvalue weighted by molar-refractivity contribution is 5.85.